The second-order valence-electron chi connectivity index (χ2n) is 5.81. The predicted molar refractivity (Wildman–Crippen MR) is 105 cm³/mol. The van der Waals surface area contributed by atoms with E-state index >= 15 is 0 Å². The number of para-hydroxylation sites is 1. The van der Waals surface area contributed by atoms with Gasteiger partial charge in [0.1, 0.15) is 0 Å². The zero-order valence-electron chi connectivity index (χ0n) is 14.4. The van der Waals surface area contributed by atoms with E-state index in [-0.39, 0.29) is 5.91 Å². The fourth-order valence-electron chi connectivity index (χ4n) is 2.78. The lowest BCUT2D eigenvalue weighted by Crippen LogP contribution is -2.12. The molecule has 4 rings (SSSR count). The highest BCUT2D eigenvalue weighted by Gasteiger charge is 2.13. The van der Waals surface area contributed by atoms with Crippen molar-refractivity contribution >= 4 is 39.2 Å². The molecule has 2 N–H and O–H groups in total. The summed E-state index contributed by atoms with van der Waals surface area (Å²) in [7, 11) is 1.32. The number of anilines is 1. The lowest BCUT2D eigenvalue weighted by atomic mass is 10.1. The summed E-state index contributed by atoms with van der Waals surface area (Å²) in [6, 6.07) is 14.3. The normalized spacial score (nSPS) is 10.7. The van der Waals surface area contributed by atoms with Crippen LogP contribution in [0.2, 0.25) is 0 Å². The molecule has 0 atom stereocenters. The summed E-state index contributed by atoms with van der Waals surface area (Å²) in [5, 5.41) is 6.30. The third-order valence-electron chi connectivity index (χ3n) is 4.16. The number of fused-ring (bicyclic) bond motifs is 1. The number of methoxy groups -OCH3 is 1. The van der Waals surface area contributed by atoms with Crippen molar-refractivity contribution in [3.05, 3.63) is 71.2 Å². The number of hydrogen-bond acceptors (Lipinski definition) is 5. The van der Waals surface area contributed by atoms with Crippen molar-refractivity contribution in [2.24, 2.45) is 0 Å². The molecule has 134 valence electrons. The first-order chi connectivity index (χ1) is 13.2. The summed E-state index contributed by atoms with van der Waals surface area (Å²) in [5.41, 5.74) is 3.66. The topological polar surface area (TPSA) is 84.1 Å². The van der Waals surface area contributed by atoms with Gasteiger partial charge in [-0.1, -0.05) is 18.2 Å². The van der Waals surface area contributed by atoms with Gasteiger partial charge in [0.25, 0.3) is 5.91 Å². The third kappa shape index (κ3) is 3.32. The first-order valence-corrected chi connectivity index (χ1v) is 9.05. The molecule has 4 aromatic rings. The molecule has 0 saturated carbocycles. The number of ether oxygens (including phenoxy) is 1. The molecule has 2 aromatic carbocycles. The number of esters is 1. The minimum atomic E-state index is -0.440. The largest absolute Gasteiger partial charge is 0.465 e. The molecule has 0 spiro atoms. The summed E-state index contributed by atoms with van der Waals surface area (Å²) in [4.78, 5) is 31.6. The Morgan fingerprint density at radius 2 is 1.81 bits per heavy atom. The van der Waals surface area contributed by atoms with Gasteiger partial charge in [-0.3, -0.25) is 10.1 Å². The number of aromatic nitrogens is 2. The van der Waals surface area contributed by atoms with Gasteiger partial charge in [0.15, 0.2) is 5.13 Å². The molecule has 27 heavy (non-hydrogen) atoms. The van der Waals surface area contributed by atoms with Crippen molar-refractivity contribution < 1.29 is 14.3 Å². The molecular weight excluding hydrogens is 362 g/mol. The van der Waals surface area contributed by atoms with Crippen molar-refractivity contribution in [1.29, 1.82) is 0 Å². The minimum Gasteiger partial charge on any atom is -0.465 e. The van der Waals surface area contributed by atoms with Crippen molar-refractivity contribution in [3.8, 4) is 11.3 Å². The number of rotatable bonds is 4. The Labute approximate surface area is 158 Å². The highest BCUT2D eigenvalue weighted by Crippen LogP contribution is 2.31. The van der Waals surface area contributed by atoms with Gasteiger partial charge in [-0.15, -0.1) is 11.3 Å². The molecule has 0 saturated heterocycles. The Hall–Kier alpha value is -3.45. The van der Waals surface area contributed by atoms with Crippen molar-refractivity contribution in [3.63, 3.8) is 0 Å². The Balaban J connectivity index is 1.52. The van der Waals surface area contributed by atoms with E-state index in [1.165, 1.54) is 18.4 Å². The lowest BCUT2D eigenvalue weighted by Gasteiger charge is -2.03. The summed E-state index contributed by atoms with van der Waals surface area (Å²) in [5.74, 6) is -0.725. The molecule has 6 nitrogen and oxygen atoms in total. The van der Waals surface area contributed by atoms with Crippen LogP contribution in [0.25, 0.3) is 22.2 Å². The monoisotopic (exact) mass is 377 g/mol. The molecule has 1 amide bonds. The molecule has 0 fully saturated rings. The van der Waals surface area contributed by atoms with Gasteiger partial charge in [0.05, 0.1) is 18.4 Å². The molecule has 0 unspecified atom stereocenters. The van der Waals surface area contributed by atoms with Gasteiger partial charge in [-0.05, 0) is 30.3 Å². The Morgan fingerprint density at radius 1 is 1.07 bits per heavy atom. The summed E-state index contributed by atoms with van der Waals surface area (Å²) >= 11 is 1.36. The Kier molecular flexibility index (Phi) is 4.43. The fraction of sp³-hybridized carbons (Fsp3) is 0.0500. The van der Waals surface area contributed by atoms with E-state index in [0.717, 1.165) is 22.2 Å². The fourth-order valence-corrected chi connectivity index (χ4v) is 3.49. The molecule has 7 heteroatoms. The second kappa shape index (κ2) is 7.05. The number of hydrogen-bond donors (Lipinski definition) is 2. The lowest BCUT2D eigenvalue weighted by molar-refractivity contribution is 0.0600. The average molecular weight is 377 g/mol. The van der Waals surface area contributed by atoms with Gasteiger partial charge in [-0.2, -0.15) is 0 Å². The van der Waals surface area contributed by atoms with Crippen molar-refractivity contribution in [2.75, 3.05) is 12.4 Å². The van der Waals surface area contributed by atoms with Gasteiger partial charge >= 0.3 is 5.97 Å². The smallest absolute Gasteiger partial charge is 0.337 e. The van der Waals surface area contributed by atoms with Gasteiger partial charge in [-0.25, -0.2) is 9.78 Å². The zero-order valence-corrected chi connectivity index (χ0v) is 15.2. The van der Waals surface area contributed by atoms with Gasteiger partial charge < -0.3 is 9.72 Å². The summed E-state index contributed by atoms with van der Waals surface area (Å²) in [6.07, 6.45) is 1.91. The van der Waals surface area contributed by atoms with E-state index in [0.29, 0.717) is 16.3 Å². The van der Waals surface area contributed by atoms with Crippen LogP contribution in [-0.2, 0) is 4.74 Å². The SMILES string of the molecule is COC(=O)c1ccc(C(=O)Nc2nc(-c3c[nH]c4ccccc34)cs2)cc1. The molecule has 0 aliphatic rings. The number of aromatic amines is 1. The summed E-state index contributed by atoms with van der Waals surface area (Å²) < 4.78 is 4.65. The molecular formula is C20H15N3O3S. The van der Waals surface area contributed by atoms with Crippen LogP contribution in [-0.4, -0.2) is 29.0 Å². The Bertz CT molecular complexity index is 1130. The van der Waals surface area contributed by atoms with Crippen LogP contribution in [0, 0.1) is 0 Å². The van der Waals surface area contributed by atoms with Gasteiger partial charge in [0, 0.05) is 33.6 Å². The highest BCUT2D eigenvalue weighted by molar-refractivity contribution is 7.14. The number of nitrogens with zero attached hydrogens (tertiary/aromatic N) is 1. The number of carbonyl (C=O) groups excluding carboxylic acids is 2. The predicted octanol–water partition coefficient (Wildman–Crippen LogP) is 4.33. The van der Waals surface area contributed by atoms with E-state index in [9.17, 15) is 9.59 Å². The summed E-state index contributed by atoms with van der Waals surface area (Å²) in [6.45, 7) is 0. The van der Waals surface area contributed by atoms with Crippen LogP contribution in [0.5, 0.6) is 0 Å². The standard InChI is InChI=1S/C20H15N3O3S/c1-26-19(25)13-8-6-12(7-9-13)18(24)23-20-22-17(11-27-20)15-10-21-16-5-3-2-4-14(15)16/h2-11,21H,1H3,(H,22,23,24). The van der Waals surface area contributed by atoms with Crippen LogP contribution in [0.1, 0.15) is 20.7 Å². The molecule has 0 radical (unpaired) electrons. The van der Waals surface area contributed by atoms with E-state index < -0.39 is 5.97 Å². The maximum absolute atomic E-state index is 12.4. The van der Waals surface area contributed by atoms with Crippen LogP contribution in [0.4, 0.5) is 5.13 Å². The molecule has 2 aromatic heterocycles. The number of thiazole rings is 1. The van der Waals surface area contributed by atoms with E-state index in [4.69, 9.17) is 0 Å². The maximum atomic E-state index is 12.4. The molecule has 0 bridgehead atoms. The van der Waals surface area contributed by atoms with Crippen LogP contribution in [0.3, 0.4) is 0 Å². The molecule has 0 aliphatic heterocycles. The Morgan fingerprint density at radius 3 is 2.59 bits per heavy atom. The third-order valence-corrected chi connectivity index (χ3v) is 4.92. The van der Waals surface area contributed by atoms with Crippen molar-refractivity contribution in [2.45, 2.75) is 0 Å². The molecule has 0 aliphatic carbocycles. The number of H-pyrrole nitrogens is 1. The number of amides is 1. The van der Waals surface area contributed by atoms with Crippen LogP contribution in [0.15, 0.2) is 60.1 Å². The quantitative estimate of drug-likeness (QED) is 0.519. The van der Waals surface area contributed by atoms with Crippen LogP contribution >= 0.6 is 11.3 Å². The highest BCUT2D eigenvalue weighted by atomic mass is 32.1. The number of nitrogens with one attached hydrogen (secondary N) is 2. The second-order valence-corrected chi connectivity index (χ2v) is 6.67. The zero-order chi connectivity index (χ0) is 18.8. The van der Waals surface area contributed by atoms with E-state index in [2.05, 4.69) is 20.0 Å². The number of benzene rings is 2. The molecule has 2 heterocycles. The van der Waals surface area contributed by atoms with Crippen LogP contribution < -0.4 is 5.32 Å². The van der Waals surface area contributed by atoms with E-state index in [1.54, 1.807) is 24.3 Å². The first-order valence-electron chi connectivity index (χ1n) is 8.17. The maximum Gasteiger partial charge on any atom is 0.337 e. The first kappa shape index (κ1) is 17.0. The average Bonchev–Trinajstić information content (AvgIpc) is 3.34. The van der Waals surface area contributed by atoms with Crippen molar-refractivity contribution in [1.82, 2.24) is 9.97 Å². The minimum absolute atomic E-state index is 0.286. The van der Waals surface area contributed by atoms with E-state index in [1.807, 2.05) is 35.8 Å². The number of carbonyl (C=O) groups is 2. The van der Waals surface area contributed by atoms with Gasteiger partial charge in [0.2, 0.25) is 0 Å².